The van der Waals surface area contributed by atoms with E-state index in [4.69, 9.17) is 9.47 Å². The molecule has 3 rings (SSSR count). The van der Waals surface area contributed by atoms with Crippen molar-refractivity contribution < 1.29 is 22.7 Å². The van der Waals surface area contributed by atoms with Gasteiger partial charge in [0, 0.05) is 24.2 Å². The van der Waals surface area contributed by atoms with Gasteiger partial charge in [-0.3, -0.25) is 9.52 Å². The van der Waals surface area contributed by atoms with E-state index in [2.05, 4.69) is 14.9 Å². The third-order valence-electron chi connectivity index (χ3n) is 4.74. The van der Waals surface area contributed by atoms with Gasteiger partial charge in [-0.15, -0.1) is 0 Å². The Morgan fingerprint density at radius 2 is 2.00 bits per heavy atom. The zero-order chi connectivity index (χ0) is 21.2. The van der Waals surface area contributed by atoms with Crippen LogP contribution in [0.4, 0.5) is 11.4 Å². The number of carbonyl (C=O) groups excluding carboxylic acids is 1. The van der Waals surface area contributed by atoms with Gasteiger partial charge in [0.1, 0.15) is 18.1 Å². The molecule has 156 valence electrons. The van der Waals surface area contributed by atoms with Crippen molar-refractivity contribution in [1.82, 2.24) is 4.90 Å². The number of amides is 1. The molecule has 0 spiro atoms. The molecular weight excluding hydrogens is 394 g/mol. The summed E-state index contributed by atoms with van der Waals surface area (Å²) in [6, 6.07) is 9.59. The number of carbonyl (C=O) groups is 1. The molecule has 1 heterocycles. The van der Waals surface area contributed by atoms with Crippen LogP contribution in [0.5, 0.6) is 11.5 Å². The second-order valence-electron chi connectivity index (χ2n) is 7.07. The zero-order valence-corrected chi connectivity index (χ0v) is 17.7. The summed E-state index contributed by atoms with van der Waals surface area (Å²) in [7, 11) is 1.63. The van der Waals surface area contributed by atoms with E-state index in [1.807, 2.05) is 14.1 Å². The summed E-state index contributed by atoms with van der Waals surface area (Å²) < 4.78 is 39.8. The molecule has 8 nitrogen and oxygen atoms in total. The fourth-order valence-corrected chi connectivity index (χ4v) is 4.30. The van der Waals surface area contributed by atoms with Crippen molar-refractivity contribution in [1.29, 1.82) is 0 Å². The van der Waals surface area contributed by atoms with Crippen LogP contribution in [0.15, 0.2) is 41.3 Å². The number of hydrogen-bond donors (Lipinski definition) is 2. The van der Waals surface area contributed by atoms with E-state index in [0.717, 1.165) is 5.56 Å². The van der Waals surface area contributed by atoms with Crippen LogP contribution in [0.1, 0.15) is 12.5 Å². The molecule has 0 aromatic heterocycles. The summed E-state index contributed by atoms with van der Waals surface area (Å²) in [6.07, 6.45) is 0.680. The van der Waals surface area contributed by atoms with Crippen molar-refractivity contribution in [2.45, 2.75) is 24.3 Å². The summed E-state index contributed by atoms with van der Waals surface area (Å²) in [5, 5.41) is 2.58. The van der Waals surface area contributed by atoms with Crippen LogP contribution in [0.3, 0.4) is 0 Å². The molecular formula is C20H25N3O5S. The molecule has 2 aromatic carbocycles. The smallest absolute Gasteiger partial charge is 0.262 e. The monoisotopic (exact) mass is 419 g/mol. The summed E-state index contributed by atoms with van der Waals surface area (Å²) in [5.74, 6) is 0.853. The van der Waals surface area contributed by atoms with E-state index in [1.165, 1.54) is 19.1 Å². The largest absolute Gasteiger partial charge is 0.496 e. The number of anilines is 2. The van der Waals surface area contributed by atoms with Crippen molar-refractivity contribution in [3.05, 3.63) is 42.0 Å². The molecule has 1 atom stereocenters. The maximum absolute atomic E-state index is 12.9. The number of fused-ring (bicyclic) bond motifs is 1. The maximum atomic E-state index is 12.9. The van der Waals surface area contributed by atoms with E-state index in [1.54, 1.807) is 31.4 Å². The number of nitrogens with zero attached hydrogens (tertiary/aromatic N) is 1. The van der Waals surface area contributed by atoms with Crippen molar-refractivity contribution in [3.8, 4) is 11.5 Å². The Bertz CT molecular complexity index is 1020. The van der Waals surface area contributed by atoms with E-state index in [0.29, 0.717) is 35.9 Å². The van der Waals surface area contributed by atoms with E-state index < -0.39 is 10.0 Å². The van der Waals surface area contributed by atoms with Gasteiger partial charge in [0.15, 0.2) is 0 Å². The number of hydrogen-bond acceptors (Lipinski definition) is 6. The molecule has 0 saturated heterocycles. The Morgan fingerprint density at radius 3 is 2.66 bits per heavy atom. The molecule has 0 saturated carbocycles. The highest BCUT2D eigenvalue weighted by molar-refractivity contribution is 7.92. The summed E-state index contributed by atoms with van der Waals surface area (Å²) >= 11 is 0. The van der Waals surface area contributed by atoms with Gasteiger partial charge in [0.05, 0.1) is 17.7 Å². The first-order valence-corrected chi connectivity index (χ1v) is 10.6. The van der Waals surface area contributed by atoms with Crippen LogP contribution in [0.2, 0.25) is 0 Å². The van der Waals surface area contributed by atoms with Gasteiger partial charge in [-0.25, -0.2) is 8.42 Å². The first kappa shape index (κ1) is 20.9. The Kier molecular flexibility index (Phi) is 5.99. The Balaban J connectivity index is 1.94. The molecule has 1 amide bonds. The molecule has 0 radical (unpaired) electrons. The highest BCUT2D eigenvalue weighted by atomic mass is 32.2. The minimum absolute atomic E-state index is 0.0373. The SMILES string of the molecule is COc1ccc(NS(=O)(=O)c2cccc(NC(C)=O)c2)c2c1C[C@@H](N(C)C)CO2. The minimum Gasteiger partial charge on any atom is -0.496 e. The predicted octanol–water partition coefficient (Wildman–Crippen LogP) is 2.32. The molecule has 0 fully saturated rings. The number of ether oxygens (including phenoxy) is 2. The number of rotatable bonds is 6. The average Bonchev–Trinajstić information content (AvgIpc) is 2.67. The van der Waals surface area contributed by atoms with E-state index >= 15 is 0 Å². The Hall–Kier alpha value is -2.78. The maximum Gasteiger partial charge on any atom is 0.262 e. The number of sulfonamides is 1. The van der Waals surface area contributed by atoms with Gasteiger partial charge < -0.3 is 19.7 Å². The van der Waals surface area contributed by atoms with Crippen LogP contribution >= 0.6 is 0 Å². The molecule has 9 heteroatoms. The lowest BCUT2D eigenvalue weighted by Gasteiger charge is -2.32. The quantitative estimate of drug-likeness (QED) is 0.746. The topological polar surface area (TPSA) is 97.0 Å². The number of methoxy groups -OCH3 is 1. The first-order chi connectivity index (χ1) is 13.7. The summed E-state index contributed by atoms with van der Waals surface area (Å²) in [4.78, 5) is 13.4. The highest BCUT2D eigenvalue weighted by Crippen LogP contribution is 2.40. The zero-order valence-electron chi connectivity index (χ0n) is 16.9. The van der Waals surface area contributed by atoms with Gasteiger partial charge in [0.25, 0.3) is 10.0 Å². The van der Waals surface area contributed by atoms with Crippen molar-refractivity contribution in [2.75, 3.05) is 37.9 Å². The lowest BCUT2D eigenvalue weighted by atomic mass is 10.00. The second-order valence-corrected chi connectivity index (χ2v) is 8.75. The normalized spacial score (nSPS) is 16.0. The highest BCUT2D eigenvalue weighted by Gasteiger charge is 2.28. The third kappa shape index (κ3) is 4.63. The molecule has 2 aromatic rings. The van der Waals surface area contributed by atoms with Crippen LogP contribution in [-0.4, -0.2) is 53.1 Å². The second kappa shape index (κ2) is 8.30. The Labute approximate surface area is 170 Å². The van der Waals surface area contributed by atoms with Crippen molar-refractivity contribution >= 4 is 27.3 Å². The fourth-order valence-electron chi connectivity index (χ4n) is 3.19. The lowest BCUT2D eigenvalue weighted by Crippen LogP contribution is -2.38. The van der Waals surface area contributed by atoms with Crippen molar-refractivity contribution in [3.63, 3.8) is 0 Å². The molecule has 1 aliphatic rings. The molecule has 0 aliphatic carbocycles. The summed E-state index contributed by atoms with van der Waals surface area (Å²) in [5.41, 5.74) is 1.58. The van der Waals surface area contributed by atoms with E-state index in [-0.39, 0.29) is 16.8 Å². The molecule has 1 aliphatic heterocycles. The standard InChI is InChI=1S/C20H25N3O5S/c1-13(24)21-14-6-5-7-16(10-14)29(25,26)22-18-8-9-19(27-4)17-11-15(23(2)3)12-28-20(17)18/h5-10,15,22H,11-12H2,1-4H3,(H,21,24)/t15-/m1/s1. The lowest BCUT2D eigenvalue weighted by molar-refractivity contribution is -0.114. The predicted molar refractivity (Wildman–Crippen MR) is 111 cm³/mol. The van der Waals surface area contributed by atoms with Gasteiger partial charge in [0.2, 0.25) is 5.91 Å². The van der Waals surface area contributed by atoms with E-state index in [9.17, 15) is 13.2 Å². The minimum atomic E-state index is -3.89. The first-order valence-electron chi connectivity index (χ1n) is 9.11. The van der Waals surface area contributed by atoms with Crippen LogP contribution in [0, 0.1) is 0 Å². The third-order valence-corrected chi connectivity index (χ3v) is 6.10. The van der Waals surface area contributed by atoms with Crippen LogP contribution < -0.4 is 19.5 Å². The van der Waals surface area contributed by atoms with Crippen molar-refractivity contribution in [2.24, 2.45) is 0 Å². The average molecular weight is 420 g/mol. The fraction of sp³-hybridized carbons (Fsp3) is 0.350. The number of benzene rings is 2. The molecule has 0 bridgehead atoms. The summed E-state index contributed by atoms with van der Waals surface area (Å²) in [6.45, 7) is 1.81. The molecule has 2 N–H and O–H groups in total. The van der Waals surface area contributed by atoms with Crippen LogP contribution in [-0.2, 0) is 21.2 Å². The van der Waals surface area contributed by atoms with Gasteiger partial charge in [-0.05, 0) is 50.8 Å². The van der Waals surface area contributed by atoms with Gasteiger partial charge in [-0.1, -0.05) is 6.07 Å². The number of nitrogens with one attached hydrogen (secondary N) is 2. The van der Waals surface area contributed by atoms with Crippen LogP contribution in [0.25, 0.3) is 0 Å². The van der Waals surface area contributed by atoms with Gasteiger partial charge >= 0.3 is 0 Å². The Morgan fingerprint density at radius 1 is 1.24 bits per heavy atom. The van der Waals surface area contributed by atoms with Gasteiger partial charge in [-0.2, -0.15) is 0 Å². The molecule has 0 unspecified atom stereocenters. The number of likely N-dealkylation sites (N-methyl/N-ethyl adjacent to an activating group) is 1. The molecule has 29 heavy (non-hydrogen) atoms.